The molecule has 0 spiro atoms. The van der Waals surface area contributed by atoms with Crippen molar-refractivity contribution < 1.29 is 4.92 Å². The Morgan fingerprint density at radius 1 is 1.08 bits per heavy atom. The minimum atomic E-state index is -0.420. The molecule has 3 rings (SSSR count). The summed E-state index contributed by atoms with van der Waals surface area (Å²) in [5.74, 6) is 0. The van der Waals surface area contributed by atoms with Crippen LogP contribution in [0.1, 0.15) is 5.56 Å². The first-order chi connectivity index (χ1) is 12.0. The second-order valence-electron chi connectivity index (χ2n) is 6.14. The van der Waals surface area contributed by atoms with Gasteiger partial charge < -0.3 is 15.1 Å². The zero-order valence-electron chi connectivity index (χ0n) is 14.3. The van der Waals surface area contributed by atoms with Crippen LogP contribution >= 0.6 is 11.6 Å². The molecule has 2 aromatic carbocycles. The van der Waals surface area contributed by atoms with Crippen LogP contribution in [0.5, 0.6) is 0 Å². The van der Waals surface area contributed by atoms with Gasteiger partial charge in [0.05, 0.1) is 15.6 Å². The first kappa shape index (κ1) is 17.4. The lowest BCUT2D eigenvalue weighted by Gasteiger charge is -2.37. The average Bonchev–Trinajstić information content (AvgIpc) is 2.62. The van der Waals surface area contributed by atoms with Crippen molar-refractivity contribution in [3.63, 3.8) is 0 Å². The normalized spacial score (nSPS) is 14.5. The molecule has 1 aliphatic rings. The molecule has 0 atom stereocenters. The molecule has 0 unspecified atom stereocenters. The zero-order chi connectivity index (χ0) is 18.0. The van der Waals surface area contributed by atoms with E-state index < -0.39 is 4.92 Å². The number of nitrogens with zero attached hydrogens (tertiary/aromatic N) is 3. The van der Waals surface area contributed by atoms with E-state index in [4.69, 9.17) is 11.6 Å². The van der Waals surface area contributed by atoms with E-state index in [0.29, 0.717) is 10.7 Å². The van der Waals surface area contributed by atoms with E-state index >= 15 is 0 Å². The van der Waals surface area contributed by atoms with E-state index in [1.807, 2.05) is 0 Å². The number of hydrogen-bond donors (Lipinski definition) is 1. The van der Waals surface area contributed by atoms with Crippen LogP contribution in [0.15, 0.2) is 36.4 Å². The third-order valence-electron chi connectivity index (χ3n) is 4.55. The highest BCUT2D eigenvalue weighted by Crippen LogP contribution is 2.36. The van der Waals surface area contributed by atoms with E-state index in [9.17, 15) is 10.1 Å². The maximum absolute atomic E-state index is 11.1. The number of anilines is 3. The number of nitro benzene ring substituents is 1. The van der Waals surface area contributed by atoms with Crippen molar-refractivity contribution in [1.29, 1.82) is 0 Å². The Bertz CT molecular complexity index is 771. The smallest absolute Gasteiger partial charge is 0.293 e. The molecule has 1 heterocycles. The van der Waals surface area contributed by atoms with Crippen LogP contribution in [0.4, 0.5) is 22.7 Å². The molecule has 1 saturated heterocycles. The largest absolute Gasteiger partial charge is 0.383 e. The van der Waals surface area contributed by atoms with Crippen LogP contribution in [0.3, 0.4) is 0 Å². The average molecular weight is 361 g/mol. The van der Waals surface area contributed by atoms with Crippen LogP contribution in [-0.2, 0) is 0 Å². The van der Waals surface area contributed by atoms with Crippen molar-refractivity contribution in [2.45, 2.75) is 6.92 Å². The van der Waals surface area contributed by atoms with E-state index in [0.717, 1.165) is 31.9 Å². The summed E-state index contributed by atoms with van der Waals surface area (Å²) in [4.78, 5) is 15.2. The minimum Gasteiger partial charge on any atom is -0.383 e. The summed E-state index contributed by atoms with van der Waals surface area (Å²) >= 11 is 6.32. The minimum absolute atomic E-state index is 0.00505. The van der Waals surface area contributed by atoms with Crippen LogP contribution in [0, 0.1) is 17.0 Å². The number of rotatable bonds is 4. The lowest BCUT2D eigenvalue weighted by molar-refractivity contribution is -0.383. The van der Waals surface area contributed by atoms with Crippen LogP contribution in [-0.4, -0.2) is 38.2 Å². The van der Waals surface area contributed by atoms with Gasteiger partial charge in [0.15, 0.2) is 0 Å². The lowest BCUT2D eigenvalue weighted by Crippen LogP contribution is -2.46. The summed E-state index contributed by atoms with van der Waals surface area (Å²) in [6.45, 7) is 5.47. The number of nitrogens with one attached hydrogen (secondary N) is 1. The van der Waals surface area contributed by atoms with Crippen molar-refractivity contribution in [3.8, 4) is 0 Å². The Labute approximate surface area is 152 Å². The van der Waals surface area contributed by atoms with Gasteiger partial charge in [0.1, 0.15) is 5.69 Å². The topological polar surface area (TPSA) is 61.6 Å². The number of nitro groups is 1. The van der Waals surface area contributed by atoms with Crippen LogP contribution in [0.25, 0.3) is 0 Å². The monoisotopic (exact) mass is 360 g/mol. The van der Waals surface area contributed by atoms with Crippen molar-refractivity contribution >= 4 is 34.4 Å². The number of hydrogen-bond acceptors (Lipinski definition) is 5. The van der Waals surface area contributed by atoms with E-state index in [2.05, 4.69) is 46.3 Å². The second kappa shape index (κ2) is 7.19. The standard InChI is InChI=1S/C18H21ClN4O2/c1-13-3-5-14(6-4-13)21-7-9-22(10-8-21)17-12-16(20-2)18(23(24)25)11-15(17)19/h3-6,11-12,20H,7-10H2,1-2H3. The van der Waals surface area contributed by atoms with Gasteiger partial charge in [-0.3, -0.25) is 10.1 Å². The third-order valence-corrected chi connectivity index (χ3v) is 4.85. The molecule has 25 heavy (non-hydrogen) atoms. The van der Waals surface area contributed by atoms with Gasteiger partial charge in [0, 0.05) is 45.0 Å². The fourth-order valence-corrected chi connectivity index (χ4v) is 3.38. The molecule has 6 nitrogen and oxygen atoms in total. The number of benzene rings is 2. The predicted molar refractivity (Wildman–Crippen MR) is 103 cm³/mol. The predicted octanol–water partition coefficient (Wildman–Crippen LogP) is 3.92. The third kappa shape index (κ3) is 3.64. The summed E-state index contributed by atoms with van der Waals surface area (Å²) in [5.41, 5.74) is 3.77. The number of halogens is 1. The Hall–Kier alpha value is -2.47. The highest BCUT2D eigenvalue weighted by Gasteiger charge is 2.23. The molecule has 0 amide bonds. The molecular formula is C18H21ClN4O2. The van der Waals surface area contributed by atoms with E-state index in [-0.39, 0.29) is 5.69 Å². The van der Waals surface area contributed by atoms with Gasteiger partial charge in [-0.1, -0.05) is 29.3 Å². The van der Waals surface area contributed by atoms with Crippen molar-refractivity contribution in [2.75, 3.05) is 48.3 Å². The lowest BCUT2D eigenvalue weighted by atomic mass is 10.1. The maximum Gasteiger partial charge on any atom is 0.293 e. The summed E-state index contributed by atoms with van der Waals surface area (Å²) < 4.78 is 0. The summed E-state index contributed by atoms with van der Waals surface area (Å²) in [6, 6.07) is 11.7. The Balaban J connectivity index is 1.76. The number of piperazine rings is 1. The molecule has 1 fully saturated rings. The SMILES string of the molecule is CNc1cc(N2CCN(c3ccc(C)cc3)CC2)c(Cl)cc1[N+](=O)[O-]. The summed E-state index contributed by atoms with van der Waals surface area (Å²) in [7, 11) is 1.68. The second-order valence-corrected chi connectivity index (χ2v) is 6.54. The molecule has 0 aliphatic carbocycles. The molecule has 0 radical (unpaired) electrons. The van der Waals surface area contributed by atoms with Gasteiger partial charge >= 0.3 is 0 Å². The van der Waals surface area contributed by atoms with Crippen molar-refractivity contribution in [2.24, 2.45) is 0 Å². The van der Waals surface area contributed by atoms with E-state index in [1.54, 1.807) is 13.1 Å². The maximum atomic E-state index is 11.1. The Morgan fingerprint density at radius 2 is 1.68 bits per heavy atom. The molecule has 0 saturated carbocycles. The molecule has 132 valence electrons. The van der Waals surface area contributed by atoms with Gasteiger partial charge in [0.25, 0.3) is 5.69 Å². The highest BCUT2D eigenvalue weighted by atomic mass is 35.5. The quantitative estimate of drug-likeness (QED) is 0.661. The molecule has 1 aliphatic heterocycles. The first-order valence-electron chi connectivity index (χ1n) is 8.22. The fourth-order valence-electron chi connectivity index (χ4n) is 3.11. The van der Waals surface area contributed by atoms with Crippen molar-refractivity contribution in [1.82, 2.24) is 0 Å². The fraction of sp³-hybridized carbons (Fsp3) is 0.333. The van der Waals surface area contributed by atoms with Gasteiger partial charge in [0.2, 0.25) is 0 Å². The molecule has 0 aromatic heterocycles. The van der Waals surface area contributed by atoms with Crippen molar-refractivity contribution in [3.05, 3.63) is 57.1 Å². The van der Waals surface area contributed by atoms with Crippen LogP contribution in [0.2, 0.25) is 5.02 Å². The van der Waals surface area contributed by atoms with Gasteiger partial charge in [-0.05, 0) is 25.1 Å². The van der Waals surface area contributed by atoms with E-state index in [1.165, 1.54) is 17.3 Å². The van der Waals surface area contributed by atoms with Crippen LogP contribution < -0.4 is 15.1 Å². The van der Waals surface area contributed by atoms with Gasteiger partial charge in [-0.25, -0.2) is 0 Å². The molecule has 7 heteroatoms. The first-order valence-corrected chi connectivity index (χ1v) is 8.59. The van der Waals surface area contributed by atoms with Gasteiger partial charge in [-0.2, -0.15) is 0 Å². The molecule has 2 aromatic rings. The molecule has 0 bridgehead atoms. The summed E-state index contributed by atoms with van der Waals surface area (Å²) in [6.07, 6.45) is 0. The highest BCUT2D eigenvalue weighted by molar-refractivity contribution is 6.33. The molecular weight excluding hydrogens is 340 g/mol. The Kier molecular flexibility index (Phi) is 4.99. The van der Waals surface area contributed by atoms with Gasteiger partial charge in [-0.15, -0.1) is 0 Å². The number of aryl methyl sites for hydroxylation is 1. The zero-order valence-corrected chi connectivity index (χ0v) is 15.1. The molecule has 1 N–H and O–H groups in total. The summed E-state index contributed by atoms with van der Waals surface area (Å²) in [5, 5.41) is 14.4. The Morgan fingerprint density at radius 3 is 2.24 bits per heavy atom.